The van der Waals surface area contributed by atoms with Crippen molar-refractivity contribution in [3.8, 4) is 0 Å². The Morgan fingerprint density at radius 3 is 2.67 bits per heavy atom. The molecule has 0 saturated carbocycles. The Morgan fingerprint density at radius 2 is 2.00 bits per heavy atom. The first kappa shape index (κ1) is 16.4. The molecule has 1 heterocycles. The molecule has 24 heavy (non-hydrogen) atoms. The molecule has 126 valence electrons. The maximum atomic E-state index is 11.5. The molecule has 8 heteroatoms. The van der Waals surface area contributed by atoms with Gasteiger partial charge in [-0.3, -0.25) is 10.1 Å². The molecule has 0 aliphatic carbocycles. The van der Waals surface area contributed by atoms with Crippen LogP contribution in [-0.2, 0) is 23.0 Å². The van der Waals surface area contributed by atoms with Crippen molar-refractivity contribution < 1.29 is 13.3 Å². The molecule has 0 bridgehead atoms. The van der Waals surface area contributed by atoms with E-state index in [1.807, 2.05) is 11.8 Å². The minimum absolute atomic E-state index is 0.0827. The summed E-state index contributed by atoms with van der Waals surface area (Å²) < 4.78 is 23.0. The van der Waals surface area contributed by atoms with Crippen molar-refractivity contribution >= 4 is 21.4 Å². The fourth-order valence-corrected chi connectivity index (χ4v) is 3.66. The fourth-order valence-electron chi connectivity index (χ4n) is 3.10. The first-order valence-corrected chi connectivity index (χ1v) is 8.96. The number of hydrogen-bond donors (Lipinski definition) is 1. The van der Waals surface area contributed by atoms with Gasteiger partial charge in [-0.1, -0.05) is 18.2 Å². The van der Waals surface area contributed by atoms with Crippen LogP contribution >= 0.6 is 0 Å². The number of benzene rings is 2. The third-order valence-corrected chi connectivity index (χ3v) is 5.18. The predicted octanol–water partition coefficient (Wildman–Crippen LogP) is 2.19. The predicted molar refractivity (Wildman–Crippen MR) is 90.3 cm³/mol. The molecule has 0 spiro atoms. The summed E-state index contributed by atoms with van der Waals surface area (Å²) in [6.07, 6.45) is 0.666. The molecule has 2 N–H and O–H groups in total. The molecule has 3 rings (SSSR count). The van der Waals surface area contributed by atoms with Gasteiger partial charge in [0.1, 0.15) is 0 Å². The average Bonchev–Trinajstić information content (AvgIpc) is 2.82. The third kappa shape index (κ3) is 2.98. The number of hydrogen-bond acceptors (Lipinski definition) is 5. The standard InChI is InChI=1S/C16H17N3O4S/c1-11-8-13-9-14(24(17,22)23)6-7-15(13)18(11)10-12-4-2-3-5-16(12)19(20)21/h2-7,9,11H,8,10H2,1H3,(H2,17,22,23)/t11-/m1/s1. The first-order chi connectivity index (χ1) is 11.3. The first-order valence-electron chi connectivity index (χ1n) is 7.42. The topological polar surface area (TPSA) is 107 Å². The van der Waals surface area contributed by atoms with Gasteiger partial charge in [0.25, 0.3) is 5.69 Å². The molecule has 0 amide bonds. The number of fused-ring (bicyclic) bond motifs is 1. The van der Waals surface area contributed by atoms with Crippen molar-refractivity contribution in [2.45, 2.75) is 30.8 Å². The molecule has 1 aliphatic heterocycles. The van der Waals surface area contributed by atoms with Gasteiger partial charge in [0.15, 0.2) is 0 Å². The Labute approximate surface area is 139 Å². The van der Waals surface area contributed by atoms with Crippen molar-refractivity contribution in [1.82, 2.24) is 0 Å². The van der Waals surface area contributed by atoms with E-state index in [-0.39, 0.29) is 21.5 Å². The lowest BCUT2D eigenvalue weighted by Crippen LogP contribution is -2.28. The molecule has 1 aliphatic rings. The second-order valence-corrected chi connectivity index (χ2v) is 7.46. The summed E-state index contributed by atoms with van der Waals surface area (Å²) in [5.41, 5.74) is 2.47. The zero-order chi connectivity index (χ0) is 17.5. The SMILES string of the molecule is C[C@@H]1Cc2cc(S(N)(=O)=O)ccc2N1Cc1ccccc1[N+](=O)[O-]. The molecular weight excluding hydrogens is 330 g/mol. The van der Waals surface area contributed by atoms with Gasteiger partial charge in [0.2, 0.25) is 10.0 Å². The summed E-state index contributed by atoms with van der Waals surface area (Å²) in [5.74, 6) is 0. The quantitative estimate of drug-likeness (QED) is 0.674. The molecule has 0 fully saturated rings. The largest absolute Gasteiger partial charge is 0.364 e. The van der Waals surface area contributed by atoms with E-state index in [2.05, 4.69) is 0 Å². The number of rotatable bonds is 4. The maximum absolute atomic E-state index is 11.5. The summed E-state index contributed by atoms with van der Waals surface area (Å²) in [6, 6.07) is 11.5. The number of para-hydroxylation sites is 1. The van der Waals surface area contributed by atoms with E-state index in [0.29, 0.717) is 18.5 Å². The Bertz CT molecular complexity index is 911. The number of nitro groups is 1. The second kappa shape index (κ2) is 5.88. The van der Waals surface area contributed by atoms with Crippen molar-refractivity contribution in [2.24, 2.45) is 5.14 Å². The Morgan fingerprint density at radius 1 is 1.29 bits per heavy atom. The van der Waals surface area contributed by atoms with Crippen molar-refractivity contribution in [2.75, 3.05) is 4.90 Å². The van der Waals surface area contributed by atoms with Crippen LogP contribution in [0.15, 0.2) is 47.4 Å². The molecule has 0 unspecified atom stereocenters. The number of nitro benzene ring substituents is 1. The lowest BCUT2D eigenvalue weighted by Gasteiger charge is -2.25. The van der Waals surface area contributed by atoms with Crippen molar-refractivity contribution in [3.05, 3.63) is 63.7 Å². The van der Waals surface area contributed by atoms with E-state index in [1.165, 1.54) is 12.1 Å². The highest BCUT2D eigenvalue weighted by Gasteiger charge is 2.28. The van der Waals surface area contributed by atoms with Gasteiger partial charge in [-0.25, -0.2) is 13.6 Å². The molecule has 0 aromatic heterocycles. The summed E-state index contributed by atoms with van der Waals surface area (Å²) >= 11 is 0. The summed E-state index contributed by atoms with van der Waals surface area (Å²) in [4.78, 5) is 12.9. The van der Waals surface area contributed by atoms with Crippen LogP contribution in [0.4, 0.5) is 11.4 Å². The Kier molecular flexibility index (Phi) is 4.02. The van der Waals surface area contributed by atoms with Crippen LogP contribution in [0.1, 0.15) is 18.1 Å². The Balaban J connectivity index is 1.97. The molecule has 1 atom stereocenters. The normalized spacial score (nSPS) is 16.9. The van der Waals surface area contributed by atoms with Crippen LogP contribution in [-0.4, -0.2) is 19.4 Å². The minimum atomic E-state index is -3.74. The van der Waals surface area contributed by atoms with Gasteiger partial charge in [-0.2, -0.15) is 0 Å². The second-order valence-electron chi connectivity index (χ2n) is 5.90. The van der Waals surface area contributed by atoms with Crippen molar-refractivity contribution in [3.63, 3.8) is 0 Å². The van der Waals surface area contributed by atoms with Gasteiger partial charge in [0.05, 0.1) is 16.4 Å². The molecular formula is C16H17N3O4S. The number of primary sulfonamides is 1. The van der Waals surface area contributed by atoms with Gasteiger partial charge in [-0.05, 0) is 37.1 Å². The average molecular weight is 347 g/mol. The van der Waals surface area contributed by atoms with Crippen LogP contribution < -0.4 is 10.0 Å². The van der Waals surface area contributed by atoms with Crippen molar-refractivity contribution in [1.29, 1.82) is 0 Å². The zero-order valence-electron chi connectivity index (χ0n) is 13.0. The molecule has 2 aromatic rings. The highest BCUT2D eigenvalue weighted by Crippen LogP contribution is 2.35. The highest BCUT2D eigenvalue weighted by atomic mass is 32.2. The summed E-state index contributed by atoms with van der Waals surface area (Å²) in [7, 11) is -3.74. The zero-order valence-corrected chi connectivity index (χ0v) is 13.9. The molecule has 0 saturated heterocycles. The van der Waals surface area contributed by atoms with Gasteiger partial charge >= 0.3 is 0 Å². The lowest BCUT2D eigenvalue weighted by atomic mass is 10.1. The smallest absolute Gasteiger partial charge is 0.274 e. The van der Waals surface area contributed by atoms with E-state index < -0.39 is 10.0 Å². The van der Waals surface area contributed by atoms with Crippen LogP contribution in [0.25, 0.3) is 0 Å². The van der Waals surface area contributed by atoms with Gasteiger partial charge in [0, 0.05) is 23.4 Å². The highest BCUT2D eigenvalue weighted by molar-refractivity contribution is 7.89. The van der Waals surface area contributed by atoms with Crippen LogP contribution in [0.2, 0.25) is 0 Å². The number of nitrogens with zero attached hydrogens (tertiary/aromatic N) is 2. The number of anilines is 1. The number of nitrogens with two attached hydrogens (primary N) is 1. The lowest BCUT2D eigenvalue weighted by molar-refractivity contribution is -0.385. The summed E-state index contributed by atoms with van der Waals surface area (Å²) in [5, 5.41) is 16.4. The van der Waals surface area contributed by atoms with E-state index in [4.69, 9.17) is 5.14 Å². The van der Waals surface area contributed by atoms with Gasteiger partial charge < -0.3 is 4.90 Å². The van der Waals surface area contributed by atoms with Crippen LogP contribution in [0.5, 0.6) is 0 Å². The minimum Gasteiger partial charge on any atom is -0.364 e. The summed E-state index contributed by atoms with van der Waals surface area (Å²) in [6.45, 7) is 2.39. The maximum Gasteiger partial charge on any atom is 0.274 e. The number of sulfonamides is 1. The van der Waals surface area contributed by atoms with Crippen LogP contribution in [0.3, 0.4) is 0 Å². The monoisotopic (exact) mass is 347 g/mol. The Hall–Kier alpha value is -2.45. The fraction of sp³-hybridized carbons (Fsp3) is 0.250. The van der Waals surface area contributed by atoms with E-state index in [9.17, 15) is 18.5 Å². The molecule has 7 nitrogen and oxygen atoms in total. The van der Waals surface area contributed by atoms with E-state index in [1.54, 1.807) is 30.3 Å². The van der Waals surface area contributed by atoms with E-state index >= 15 is 0 Å². The third-order valence-electron chi connectivity index (χ3n) is 4.27. The van der Waals surface area contributed by atoms with E-state index in [0.717, 1.165) is 11.3 Å². The van der Waals surface area contributed by atoms with Crippen LogP contribution in [0, 0.1) is 10.1 Å². The molecule has 0 radical (unpaired) electrons. The molecule has 2 aromatic carbocycles. The van der Waals surface area contributed by atoms with Gasteiger partial charge in [-0.15, -0.1) is 0 Å².